The smallest absolute Gasteiger partial charge is 0.254 e. The van der Waals surface area contributed by atoms with Crippen LogP contribution < -0.4 is 0 Å². The normalized spacial score (nSPS) is 18.3. The maximum atomic E-state index is 13.2. The molecule has 1 aromatic heterocycles. The molecule has 1 aliphatic heterocycles. The second-order valence-electron chi connectivity index (χ2n) is 7.90. The molecule has 5 heteroatoms. The third-order valence-corrected chi connectivity index (χ3v) is 5.53. The van der Waals surface area contributed by atoms with Crippen molar-refractivity contribution in [3.63, 3.8) is 0 Å². The minimum Gasteiger partial charge on any atom is -0.337 e. The first-order valence-corrected chi connectivity index (χ1v) is 10.2. The molecule has 0 unspecified atom stereocenters. The molecule has 0 saturated carbocycles. The van der Waals surface area contributed by atoms with Crippen molar-refractivity contribution < 1.29 is 9.18 Å². The predicted molar refractivity (Wildman–Crippen MR) is 110 cm³/mol. The standard InChI is InChI=1S/C23H30FN3O/c1-4-21-14-19(10-11-25-21)23(28)27-13-5-12-26(22(16-27)17(2)3)15-18-6-8-20(24)9-7-18/h6-11,14,17,22H,4-5,12-13,15-16H2,1-3H3/t22-/m0/s1. The molecular weight excluding hydrogens is 353 g/mol. The Morgan fingerprint density at radius 1 is 1.21 bits per heavy atom. The van der Waals surface area contributed by atoms with Gasteiger partial charge in [-0.25, -0.2) is 4.39 Å². The zero-order valence-electron chi connectivity index (χ0n) is 17.1. The Bertz CT molecular complexity index is 791. The van der Waals surface area contributed by atoms with Gasteiger partial charge in [-0.2, -0.15) is 0 Å². The Morgan fingerprint density at radius 3 is 2.64 bits per heavy atom. The van der Waals surface area contributed by atoms with Crippen molar-refractivity contribution in [2.75, 3.05) is 19.6 Å². The van der Waals surface area contributed by atoms with Gasteiger partial charge in [0.15, 0.2) is 0 Å². The highest BCUT2D eigenvalue weighted by Gasteiger charge is 2.30. The molecule has 0 aliphatic carbocycles. The predicted octanol–water partition coefficient (Wildman–Crippen LogP) is 4.16. The SMILES string of the molecule is CCc1cc(C(=O)N2CCCN(Cc3ccc(F)cc3)[C@H](C(C)C)C2)ccn1. The van der Waals surface area contributed by atoms with Crippen molar-refractivity contribution >= 4 is 5.91 Å². The Kier molecular flexibility index (Phi) is 6.79. The number of halogens is 1. The first kappa shape index (κ1) is 20.5. The van der Waals surface area contributed by atoms with Crippen molar-refractivity contribution in [2.24, 2.45) is 5.92 Å². The summed E-state index contributed by atoms with van der Waals surface area (Å²) >= 11 is 0. The molecule has 28 heavy (non-hydrogen) atoms. The van der Waals surface area contributed by atoms with Crippen LogP contribution in [-0.4, -0.2) is 46.4 Å². The van der Waals surface area contributed by atoms with Crippen LogP contribution in [0.5, 0.6) is 0 Å². The lowest BCUT2D eigenvalue weighted by molar-refractivity contribution is 0.0702. The van der Waals surface area contributed by atoms with E-state index < -0.39 is 0 Å². The Labute approximate surface area is 167 Å². The van der Waals surface area contributed by atoms with Gasteiger partial charge in [-0.3, -0.25) is 14.7 Å². The van der Waals surface area contributed by atoms with Gasteiger partial charge in [-0.1, -0.05) is 32.9 Å². The summed E-state index contributed by atoms with van der Waals surface area (Å²) in [4.78, 5) is 21.9. The van der Waals surface area contributed by atoms with Gasteiger partial charge in [0, 0.05) is 49.7 Å². The summed E-state index contributed by atoms with van der Waals surface area (Å²) in [5.41, 5.74) is 2.77. The fourth-order valence-corrected chi connectivity index (χ4v) is 3.89. The number of pyridine rings is 1. The maximum Gasteiger partial charge on any atom is 0.254 e. The lowest BCUT2D eigenvalue weighted by Gasteiger charge is -2.34. The summed E-state index contributed by atoms with van der Waals surface area (Å²) in [5.74, 6) is 0.296. The highest BCUT2D eigenvalue weighted by atomic mass is 19.1. The van der Waals surface area contributed by atoms with Crippen LogP contribution in [0.3, 0.4) is 0 Å². The number of hydrogen-bond donors (Lipinski definition) is 0. The van der Waals surface area contributed by atoms with E-state index in [1.807, 2.05) is 36.1 Å². The van der Waals surface area contributed by atoms with E-state index in [1.54, 1.807) is 6.20 Å². The van der Waals surface area contributed by atoms with E-state index >= 15 is 0 Å². The van der Waals surface area contributed by atoms with E-state index in [4.69, 9.17) is 0 Å². The molecule has 3 rings (SSSR count). The van der Waals surface area contributed by atoms with Crippen molar-refractivity contribution in [2.45, 2.75) is 46.2 Å². The van der Waals surface area contributed by atoms with Gasteiger partial charge in [0.25, 0.3) is 5.91 Å². The number of aromatic nitrogens is 1. The third-order valence-electron chi connectivity index (χ3n) is 5.53. The number of carbonyl (C=O) groups is 1. The first-order chi connectivity index (χ1) is 13.5. The number of aryl methyl sites for hydroxylation is 1. The molecule has 0 spiro atoms. The van der Waals surface area contributed by atoms with E-state index in [9.17, 15) is 9.18 Å². The third kappa shape index (κ3) is 4.96. The van der Waals surface area contributed by atoms with Crippen LogP contribution in [-0.2, 0) is 13.0 Å². The van der Waals surface area contributed by atoms with Crippen LogP contribution in [0.15, 0.2) is 42.6 Å². The Balaban J connectivity index is 1.76. The summed E-state index contributed by atoms with van der Waals surface area (Å²) in [7, 11) is 0. The lowest BCUT2D eigenvalue weighted by Crippen LogP contribution is -2.45. The average Bonchev–Trinajstić information content (AvgIpc) is 2.92. The topological polar surface area (TPSA) is 36.4 Å². The first-order valence-electron chi connectivity index (χ1n) is 10.2. The molecule has 0 radical (unpaired) electrons. The van der Waals surface area contributed by atoms with E-state index in [0.717, 1.165) is 49.3 Å². The molecule has 1 saturated heterocycles. The minimum absolute atomic E-state index is 0.0892. The molecule has 1 atom stereocenters. The fourth-order valence-electron chi connectivity index (χ4n) is 3.89. The van der Waals surface area contributed by atoms with Crippen LogP contribution in [0, 0.1) is 11.7 Å². The second-order valence-corrected chi connectivity index (χ2v) is 7.90. The van der Waals surface area contributed by atoms with Gasteiger partial charge in [-0.15, -0.1) is 0 Å². The summed E-state index contributed by atoms with van der Waals surface area (Å²) in [5, 5.41) is 0. The summed E-state index contributed by atoms with van der Waals surface area (Å²) < 4.78 is 13.2. The highest BCUT2D eigenvalue weighted by molar-refractivity contribution is 5.94. The molecule has 1 aliphatic rings. The zero-order valence-corrected chi connectivity index (χ0v) is 17.1. The number of carbonyl (C=O) groups excluding carboxylic acids is 1. The molecule has 1 amide bonds. The number of hydrogen-bond acceptors (Lipinski definition) is 3. The van der Waals surface area contributed by atoms with Crippen LogP contribution in [0.1, 0.15) is 48.8 Å². The van der Waals surface area contributed by atoms with E-state index in [2.05, 4.69) is 23.7 Å². The monoisotopic (exact) mass is 383 g/mol. The summed E-state index contributed by atoms with van der Waals surface area (Å²) in [6.45, 7) is 9.63. The molecular formula is C23H30FN3O. The number of rotatable bonds is 5. The lowest BCUT2D eigenvalue weighted by atomic mass is 10.0. The number of amides is 1. The average molecular weight is 384 g/mol. The molecule has 4 nitrogen and oxygen atoms in total. The van der Waals surface area contributed by atoms with Crippen LogP contribution in [0.25, 0.3) is 0 Å². The fraction of sp³-hybridized carbons (Fsp3) is 0.478. The van der Waals surface area contributed by atoms with Crippen molar-refractivity contribution in [1.82, 2.24) is 14.8 Å². The molecule has 2 heterocycles. The van der Waals surface area contributed by atoms with Gasteiger partial charge in [-0.05, 0) is 48.6 Å². The molecule has 1 aromatic carbocycles. The van der Waals surface area contributed by atoms with Crippen molar-refractivity contribution in [3.05, 3.63) is 65.2 Å². The molecule has 0 bridgehead atoms. The maximum absolute atomic E-state index is 13.2. The van der Waals surface area contributed by atoms with E-state index in [0.29, 0.717) is 12.5 Å². The van der Waals surface area contributed by atoms with E-state index in [1.165, 1.54) is 12.1 Å². The van der Waals surface area contributed by atoms with Crippen LogP contribution in [0.2, 0.25) is 0 Å². The Morgan fingerprint density at radius 2 is 1.96 bits per heavy atom. The number of nitrogens with zero attached hydrogens (tertiary/aromatic N) is 3. The van der Waals surface area contributed by atoms with Gasteiger partial charge < -0.3 is 4.90 Å². The largest absolute Gasteiger partial charge is 0.337 e. The summed E-state index contributed by atoms with van der Waals surface area (Å²) in [6, 6.07) is 10.7. The van der Waals surface area contributed by atoms with Gasteiger partial charge >= 0.3 is 0 Å². The molecule has 2 aromatic rings. The second kappa shape index (κ2) is 9.28. The van der Waals surface area contributed by atoms with Crippen LogP contribution >= 0.6 is 0 Å². The van der Waals surface area contributed by atoms with Crippen LogP contribution in [0.4, 0.5) is 4.39 Å². The Hall–Kier alpha value is -2.27. The van der Waals surface area contributed by atoms with Crippen molar-refractivity contribution in [3.8, 4) is 0 Å². The minimum atomic E-state index is -0.208. The zero-order chi connectivity index (χ0) is 20.1. The van der Waals surface area contributed by atoms with Gasteiger partial charge in [0.2, 0.25) is 0 Å². The molecule has 0 N–H and O–H groups in total. The highest BCUT2D eigenvalue weighted by Crippen LogP contribution is 2.21. The summed E-state index contributed by atoms with van der Waals surface area (Å²) in [6.07, 6.45) is 3.48. The quantitative estimate of drug-likeness (QED) is 0.778. The van der Waals surface area contributed by atoms with E-state index in [-0.39, 0.29) is 17.8 Å². The molecule has 150 valence electrons. The van der Waals surface area contributed by atoms with Gasteiger partial charge in [0.05, 0.1) is 0 Å². The molecule has 1 fully saturated rings. The van der Waals surface area contributed by atoms with Crippen molar-refractivity contribution in [1.29, 1.82) is 0 Å². The number of benzene rings is 1. The van der Waals surface area contributed by atoms with Gasteiger partial charge in [0.1, 0.15) is 5.82 Å².